The molecule has 10 heteroatoms. The number of anilines is 2. The molecule has 3 aromatic rings. The Labute approximate surface area is 196 Å². The van der Waals surface area contributed by atoms with Gasteiger partial charge < -0.3 is 15.0 Å². The minimum absolute atomic E-state index is 0.0974. The highest BCUT2D eigenvalue weighted by Crippen LogP contribution is 2.26. The molecule has 8 nitrogen and oxygen atoms in total. The van der Waals surface area contributed by atoms with Gasteiger partial charge in [-0.1, -0.05) is 12.1 Å². The summed E-state index contributed by atoms with van der Waals surface area (Å²) in [6.07, 6.45) is -0.583. The van der Waals surface area contributed by atoms with E-state index in [1.165, 1.54) is 28.9 Å². The molecule has 2 aromatic carbocycles. The summed E-state index contributed by atoms with van der Waals surface area (Å²) in [5.74, 6) is -1.49. The van der Waals surface area contributed by atoms with Crippen molar-refractivity contribution in [2.24, 2.45) is 0 Å². The molecule has 0 unspecified atom stereocenters. The lowest BCUT2D eigenvalue weighted by Gasteiger charge is -2.14. The summed E-state index contributed by atoms with van der Waals surface area (Å²) in [6.45, 7) is 3.04. The van der Waals surface area contributed by atoms with E-state index in [1.54, 1.807) is 31.2 Å². The molecule has 0 bridgehead atoms. The molecular formula is C24H27F2N5O3. The molecule has 1 heterocycles. The number of hydrogen-bond acceptors (Lipinski definition) is 6. The van der Waals surface area contributed by atoms with Gasteiger partial charge in [-0.05, 0) is 56.9 Å². The number of ether oxygens (including phenoxy) is 1. The molecule has 0 saturated heterocycles. The molecule has 3 rings (SSSR count). The standard InChI is InChI=1S/C24H27F2N5O3/c1-4-34-24(33)28-18-7-5-6-16(12-18)15-31-22(32)9-8-21(29-31)17-13-19(25)23(20(26)14-17)27-10-11-30(2)3/h5-9,12-14,27H,4,10-11,15H2,1-3H3,(H,28,33). The van der Waals surface area contributed by atoms with Crippen LogP contribution in [0.2, 0.25) is 0 Å². The molecule has 0 radical (unpaired) electrons. The van der Waals surface area contributed by atoms with Gasteiger partial charge in [-0.3, -0.25) is 10.1 Å². The Morgan fingerprint density at radius 2 is 1.85 bits per heavy atom. The third kappa shape index (κ3) is 6.61. The van der Waals surface area contributed by atoms with Crippen LogP contribution in [0.15, 0.2) is 53.3 Å². The fourth-order valence-corrected chi connectivity index (χ4v) is 3.22. The quantitative estimate of drug-likeness (QED) is 0.494. The first-order valence-electron chi connectivity index (χ1n) is 10.8. The van der Waals surface area contributed by atoms with E-state index >= 15 is 0 Å². The van der Waals surface area contributed by atoms with E-state index in [2.05, 4.69) is 15.7 Å². The lowest BCUT2D eigenvalue weighted by molar-refractivity contribution is 0.168. The van der Waals surface area contributed by atoms with Crippen molar-refractivity contribution in [3.63, 3.8) is 0 Å². The lowest BCUT2D eigenvalue weighted by atomic mass is 10.1. The second-order valence-corrected chi connectivity index (χ2v) is 7.81. The van der Waals surface area contributed by atoms with Crippen LogP contribution in [0, 0.1) is 11.6 Å². The van der Waals surface area contributed by atoms with Crippen LogP contribution in [-0.4, -0.2) is 54.6 Å². The fourth-order valence-electron chi connectivity index (χ4n) is 3.22. The minimum Gasteiger partial charge on any atom is -0.450 e. The van der Waals surface area contributed by atoms with Crippen molar-refractivity contribution < 1.29 is 18.3 Å². The lowest BCUT2D eigenvalue weighted by Crippen LogP contribution is -2.23. The number of hydrogen-bond donors (Lipinski definition) is 2. The molecule has 0 aliphatic carbocycles. The Morgan fingerprint density at radius 3 is 2.53 bits per heavy atom. The van der Waals surface area contributed by atoms with Gasteiger partial charge in [-0.2, -0.15) is 5.10 Å². The summed E-state index contributed by atoms with van der Waals surface area (Å²) >= 11 is 0. The van der Waals surface area contributed by atoms with Gasteiger partial charge in [0, 0.05) is 30.4 Å². The summed E-state index contributed by atoms with van der Waals surface area (Å²) in [6, 6.07) is 11.9. The van der Waals surface area contributed by atoms with Gasteiger partial charge in [0.15, 0.2) is 0 Å². The highest BCUT2D eigenvalue weighted by atomic mass is 19.1. The van der Waals surface area contributed by atoms with Crippen LogP contribution in [0.1, 0.15) is 12.5 Å². The summed E-state index contributed by atoms with van der Waals surface area (Å²) in [5.41, 5.74) is 1.07. The monoisotopic (exact) mass is 471 g/mol. The van der Waals surface area contributed by atoms with E-state index in [1.807, 2.05) is 19.0 Å². The van der Waals surface area contributed by atoms with Crippen molar-refractivity contribution in [2.75, 3.05) is 44.4 Å². The molecule has 1 amide bonds. The van der Waals surface area contributed by atoms with E-state index in [4.69, 9.17) is 4.74 Å². The molecule has 180 valence electrons. The van der Waals surface area contributed by atoms with Crippen molar-refractivity contribution in [3.8, 4) is 11.3 Å². The zero-order valence-electron chi connectivity index (χ0n) is 19.3. The number of carbonyl (C=O) groups is 1. The van der Waals surface area contributed by atoms with Crippen molar-refractivity contribution in [1.29, 1.82) is 0 Å². The summed E-state index contributed by atoms with van der Waals surface area (Å²) < 4.78 is 35.2. The number of nitrogens with one attached hydrogen (secondary N) is 2. The molecule has 0 fully saturated rings. The zero-order valence-corrected chi connectivity index (χ0v) is 19.3. The second kappa shape index (κ2) is 11.4. The number of aromatic nitrogens is 2. The predicted molar refractivity (Wildman–Crippen MR) is 127 cm³/mol. The number of nitrogens with zero attached hydrogens (tertiary/aromatic N) is 3. The molecule has 0 spiro atoms. The SMILES string of the molecule is CCOC(=O)Nc1cccc(Cn2nc(-c3cc(F)c(NCCN(C)C)c(F)c3)ccc2=O)c1. The third-order valence-electron chi connectivity index (χ3n) is 4.85. The maximum absolute atomic E-state index is 14.6. The maximum atomic E-state index is 14.6. The van der Waals surface area contributed by atoms with Crippen LogP contribution >= 0.6 is 0 Å². The van der Waals surface area contributed by atoms with Crippen LogP contribution < -0.4 is 16.2 Å². The molecule has 0 saturated carbocycles. The Hall–Kier alpha value is -3.79. The smallest absolute Gasteiger partial charge is 0.411 e. The van der Waals surface area contributed by atoms with Gasteiger partial charge in [0.25, 0.3) is 5.56 Å². The first-order valence-corrected chi connectivity index (χ1v) is 10.8. The third-order valence-corrected chi connectivity index (χ3v) is 4.85. The van der Waals surface area contributed by atoms with E-state index in [9.17, 15) is 18.4 Å². The Balaban J connectivity index is 1.82. The Bertz CT molecular complexity index is 1190. The van der Waals surface area contributed by atoms with Crippen molar-refractivity contribution in [3.05, 3.63) is 76.1 Å². The molecule has 2 N–H and O–H groups in total. The number of halogens is 2. The van der Waals surface area contributed by atoms with E-state index in [0.29, 0.717) is 24.3 Å². The number of likely N-dealkylation sites (N-methyl/N-ethyl adjacent to an activating group) is 1. The second-order valence-electron chi connectivity index (χ2n) is 7.81. The van der Waals surface area contributed by atoms with Gasteiger partial charge in [0.2, 0.25) is 0 Å². The average Bonchev–Trinajstić information content (AvgIpc) is 2.77. The average molecular weight is 472 g/mol. The maximum Gasteiger partial charge on any atom is 0.411 e. The van der Waals surface area contributed by atoms with Crippen LogP contribution in [-0.2, 0) is 11.3 Å². The Morgan fingerprint density at radius 1 is 1.12 bits per heavy atom. The molecule has 0 atom stereocenters. The first-order chi connectivity index (χ1) is 16.3. The van der Waals surface area contributed by atoms with Crippen LogP contribution in [0.3, 0.4) is 0 Å². The summed E-state index contributed by atoms with van der Waals surface area (Å²) in [5, 5.41) is 9.65. The van der Waals surface area contributed by atoms with Crippen molar-refractivity contribution >= 4 is 17.5 Å². The fraction of sp³-hybridized carbons (Fsp3) is 0.292. The van der Waals surface area contributed by atoms with Gasteiger partial charge in [0.1, 0.15) is 17.3 Å². The molecule has 34 heavy (non-hydrogen) atoms. The van der Waals surface area contributed by atoms with E-state index in [0.717, 1.165) is 0 Å². The minimum atomic E-state index is -0.744. The highest BCUT2D eigenvalue weighted by molar-refractivity contribution is 5.84. The summed E-state index contributed by atoms with van der Waals surface area (Å²) in [7, 11) is 3.73. The number of amides is 1. The molecular weight excluding hydrogens is 444 g/mol. The van der Waals surface area contributed by atoms with E-state index < -0.39 is 17.7 Å². The molecule has 0 aliphatic heterocycles. The van der Waals surface area contributed by atoms with Crippen LogP contribution in [0.4, 0.5) is 25.0 Å². The first kappa shape index (κ1) is 24.8. The van der Waals surface area contributed by atoms with Crippen molar-refractivity contribution in [2.45, 2.75) is 13.5 Å². The largest absolute Gasteiger partial charge is 0.450 e. The van der Waals surface area contributed by atoms with Crippen LogP contribution in [0.5, 0.6) is 0 Å². The number of benzene rings is 2. The topological polar surface area (TPSA) is 88.5 Å². The van der Waals surface area contributed by atoms with Gasteiger partial charge in [0.05, 0.1) is 18.8 Å². The zero-order chi connectivity index (χ0) is 24.7. The van der Waals surface area contributed by atoms with Gasteiger partial charge in [-0.15, -0.1) is 0 Å². The number of carbonyl (C=O) groups excluding carboxylic acids is 1. The molecule has 0 aliphatic rings. The highest BCUT2D eigenvalue weighted by Gasteiger charge is 2.14. The van der Waals surface area contributed by atoms with Gasteiger partial charge in [-0.25, -0.2) is 18.3 Å². The molecule has 1 aromatic heterocycles. The Kier molecular flexibility index (Phi) is 8.31. The number of rotatable bonds is 9. The van der Waals surface area contributed by atoms with Crippen molar-refractivity contribution in [1.82, 2.24) is 14.7 Å². The normalized spacial score (nSPS) is 10.9. The van der Waals surface area contributed by atoms with Crippen LogP contribution in [0.25, 0.3) is 11.3 Å². The summed E-state index contributed by atoms with van der Waals surface area (Å²) in [4.78, 5) is 25.9. The predicted octanol–water partition coefficient (Wildman–Crippen LogP) is 3.78. The van der Waals surface area contributed by atoms with Gasteiger partial charge >= 0.3 is 6.09 Å². The van der Waals surface area contributed by atoms with E-state index in [-0.39, 0.29) is 35.7 Å².